The summed E-state index contributed by atoms with van der Waals surface area (Å²) in [5.41, 5.74) is 0.476. The molecule has 148 valence electrons. The van der Waals surface area contributed by atoms with Crippen LogP contribution in [0.2, 0.25) is 0 Å². The summed E-state index contributed by atoms with van der Waals surface area (Å²) in [7, 11) is -2.57. The van der Waals surface area contributed by atoms with Crippen LogP contribution in [0, 0.1) is 11.6 Å². The van der Waals surface area contributed by atoms with E-state index >= 15 is 0 Å². The summed E-state index contributed by atoms with van der Waals surface area (Å²) < 4.78 is 52.5. The van der Waals surface area contributed by atoms with Crippen LogP contribution < -0.4 is 0 Å². The number of nitrogens with zero attached hydrogens (tertiary/aromatic N) is 2. The van der Waals surface area contributed by atoms with Crippen molar-refractivity contribution in [1.29, 1.82) is 0 Å². The number of carbonyl (C=O) groups excluding carboxylic acids is 2. The van der Waals surface area contributed by atoms with Crippen LogP contribution in [0.5, 0.6) is 0 Å². The first-order chi connectivity index (χ1) is 13.0. The highest BCUT2D eigenvalue weighted by atomic mass is 32.2. The zero-order valence-electron chi connectivity index (χ0n) is 15.4. The van der Waals surface area contributed by atoms with Gasteiger partial charge < -0.3 is 4.90 Å². The average Bonchev–Trinajstić information content (AvgIpc) is 2.83. The average molecular weight is 408 g/mol. The predicted molar refractivity (Wildman–Crippen MR) is 97.1 cm³/mol. The highest BCUT2D eigenvalue weighted by Crippen LogP contribution is 2.32. The van der Waals surface area contributed by atoms with Crippen LogP contribution in [0.25, 0.3) is 0 Å². The van der Waals surface area contributed by atoms with Gasteiger partial charge in [0.1, 0.15) is 4.90 Å². The highest BCUT2D eigenvalue weighted by molar-refractivity contribution is 7.90. The van der Waals surface area contributed by atoms with E-state index in [1.807, 2.05) is 0 Å². The molecule has 2 aromatic carbocycles. The van der Waals surface area contributed by atoms with Crippen molar-refractivity contribution in [2.24, 2.45) is 0 Å². The first-order valence-corrected chi connectivity index (χ1v) is 9.90. The van der Waals surface area contributed by atoms with E-state index in [2.05, 4.69) is 0 Å². The Kier molecular flexibility index (Phi) is 4.97. The van der Waals surface area contributed by atoms with E-state index < -0.39 is 39.5 Å². The Bertz CT molecular complexity index is 1080. The Morgan fingerprint density at radius 1 is 1.11 bits per heavy atom. The number of fused-ring (bicyclic) bond motifs is 1. The van der Waals surface area contributed by atoms with Gasteiger partial charge in [-0.25, -0.2) is 21.5 Å². The van der Waals surface area contributed by atoms with Gasteiger partial charge in [0.15, 0.2) is 11.6 Å². The smallest absolute Gasteiger partial charge is 0.269 e. The number of hydrogen-bond acceptors (Lipinski definition) is 4. The molecule has 1 aliphatic rings. The minimum atomic E-state index is -4.02. The van der Waals surface area contributed by atoms with Gasteiger partial charge in [0.05, 0.1) is 5.56 Å². The zero-order valence-corrected chi connectivity index (χ0v) is 16.3. The monoisotopic (exact) mass is 408 g/mol. The Labute approximate surface area is 161 Å². The minimum Gasteiger partial charge on any atom is -0.337 e. The number of hydrogen-bond donors (Lipinski definition) is 0. The number of sulfonamides is 1. The molecule has 1 aliphatic heterocycles. The van der Waals surface area contributed by atoms with Crippen molar-refractivity contribution in [2.75, 3.05) is 7.05 Å². The minimum absolute atomic E-state index is 0.00306. The van der Waals surface area contributed by atoms with Crippen molar-refractivity contribution in [3.8, 4) is 0 Å². The van der Waals surface area contributed by atoms with Crippen LogP contribution in [0.4, 0.5) is 8.78 Å². The molecule has 3 rings (SSSR count). The van der Waals surface area contributed by atoms with E-state index in [-0.39, 0.29) is 22.6 Å². The molecule has 2 amide bonds. The number of halogens is 2. The van der Waals surface area contributed by atoms with E-state index in [0.717, 1.165) is 16.4 Å². The van der Waals surface area contributed by atoms with Crippen LogP contribution >= 0.6 is 0 Å². The third kappa shape index (κ3) is 3.26. The van der Waals surface area contributed by atoms with E-state index in [1.165, 1.54) is 36.2 Å². The van der Waals surface area contributed by atoms with Crippen molar-refractivity contribution in [1.82, 2.24) is 9.21 Å². The topological polar surface area (TPSA) is 74.8 Å². The molecular weight excluding hydrogens is 390 g/mol. The Morgan fingerprint density at radius 3 is 2.39 bits per heavy atom. The number of rotatable bonds is 4. The normalized spacial score (nSPS) is 15.1. The molecule has 0 atom stereocenters. The molecule has 9 heteroatoms. The Morgan fingerprint density at radius 2 is 1.79 bits per heavy atom. The lowest BCUT2D eigenvalue weighted by Gasteiger charge is -2.19. The summed E-state index contributed by atoms with van der Waals surface area (Å²) in [5.74, 6) is -3.15. The molecule has 0 unspecified atom stereocenters. The van der Waals surface area contributed by atoms with Crippen molar-refractivity contribution in [3.63, 3.8) is 0 Å². The van der Waals surface area contributed by atoms with Crippen LogP contribution in [0.15, 0.2) is 41.3 Å². The molecule has 0 saturated carbocycles. The fourth-order valence-electron chi connectivity index (χ4n) is 3.10. The zero-order chi connectivity index (χ0) is 20.8. The lowest BCUT2D eigenvalue weighted by Crippen LogP contribution is -2.36. The third-order valence-corrected chi connectivity index (χ3v) is 6.41. The number of amides is 2. The van der Waals surface area contributed by atoms with Gasteiger partial charge in [-0.1, -0.05) is 6.07 Å². The van der Waals surface area contributed by atoms with Gasteiger partial charge in [0, 0.05) is 25.2 Å². The number of carbonyl (C=O) groups is 2. The quantitative estimate of drug-likeness (QED) is 0.780. The lowest BCUT2D eigenvalue weighted by atomic mass is 10.1. The van der Waals surface area contributed by atoms with Gasteiger partial charge in [-0.05, 0) is 49.7 Å². The van der Waals surface area contributed by atoms with E-state index in [4.69, 9.17) is 0 Å². The standard InChI is InChI=1S/C19H18F2N2O4S/c1-11(2)23-19(25)14-6-5-13(9-17(14)28(23,26)27)18(24)22(3)10-12-4-7-15(20)16(21)8-12/h4-9,11H,10H2,1-3H3. The fraction of sp³-hybridized carbons (Fsp3) is 0.263. The summed E-state index contributed by atoms with van der Waals surface area (Å²) in [4.78, 5) is 26.1. The highest BCUT2D eigenvalue weighted by Gasteiger charge is 2.43. The second-order valence-corrected chi connectivity index (χ2v) is 8.60. The van der Waals surface area contributed by atoms with Gasteiger partial charge in [-0.2, -0.15) is 0 Å². The molecule has 6 nitrogen and oxygen atoms in total. The molecule has 0 N–H and O–H groups in total. The molecule has 2 aromatic rings. The first kappa shape index (κ1) is 19.9. The van der Waals surface area contributed by atoms with Crippen LogP contribution in [-0.4, -0.2) is 42.5 Å². The van der Waals surface area contributed by atoms with E-state index in [0.29, 0.717) is 5.56 Å². The van der Waals surface area contributed by atoms with Crippen molar-refractivity contribution in [2.45, 2.75) is 31.3 Å². The van der Waals surface area contributed by atoms with Crippen molar-refractivity contribution in [3.05, 3.63) is 64.7 Å². The maximum Gasteiger partial charge on any atom is 0.269 e. The van der Waals surface area contributed by atoms with E-state index in [9.17, 15) is 26.8 Å². The summed E-state index contributed by atoms with van der Waals surface area (Å²) in [6, 6.07) is 6.63. The fourth-order valence-corrected chi connectivity index (χ4v) is 4.89. The Hall–Kier alpha value is -2.81. The molecule has 28 heavy (non-hydrogen) atoms. The molecule has 0 aliphatic carbocycles. The molecule has 0 saturated heterocycles. The largest absolute Gasteiger partial charge is 0.337 e. The predicted octanol–water partition coefficient (Wildman–Crippen LogP) is 2.79. The summed E-state index contributed by atoms with van der Waals surface area (Å²) >= 11 is 0. The molecule has 0 fully saturated rings. The summed E-state index contributed by atoms with van der Waals surface area (Å²) in [6.45, 7) is 3.17. The maximum atomic E-state index is 13.3. The lowest BCUT2D eigenvalue weighted by molar-refractivity contribution is 0.0782. The number of benzene rings is 2. The molecule has 0 radical (unpaired) electrons. The summed E-state index contributed by atoms with van der Waals surface area (Å²) in [5, 5.41) is 0. The SMILES string of the molecule is CC(C)N1C(=O)c2ccc(C(=O)N(C)Cc3ccc(F)c(F)c3)cc2S1(=O)=O. The van der Waals surface area contributed by atoms with Crippen LogP contribution in [-0.2, 0) is 16.6 Å². The third-order valence-electron chi connectivity index (χ3n) is 4.42. The Balaban J connectivity index is 1.89. The second kappa shape index (κ2) is 6.97. The second-order valence-electron chi connectivity index (χ2n) is 6.82. The van der Waals surface area contributed by atoms with Gasteiger partial charge in [-0.15, -0.1) is 0 Å². The summed E-state index contributed by atoms with van der Waals surface area (Å²) in [6.07, 6.45) is 0. The van der Waals surface area contributed by atoms with Gasteiger partial charge in [0.25, 0.3) is 21.8 Å². The van der Waals surface area contributed by atoms with Crippen LogP contribution in [0.3, 0.4) is 0 Å². The van der Waals surface area contributed by atoms with Crippen LogP contribution in [0.1, 0.15) is 40.1 Å². The van der Waals surface area contributed by atoms with E-state index in [1.54, 1.807) is 13.8 Å². The molecule has 0 spiro atoms. The first-order valence-electron chi connectivity index (χ1n) is 8.46. The maximum absolute atomic E-state index is 13.3. The van der Waals surface area contributed by atoms with Crippen molar-refractivity contribution < 1.29 is 26.8 Å². The molecular formula is C19H18F2N2O4S. The molecule has 0 aromatic heterocycles. The van der Waals surface area contributed by atoms with Gasteiger partial charge in [0.2, 0.25) is 0 Å². The van der Waals surface area contributed by atoms with Crippen molar-refractivity contribution >= 4 is 21.8 Å². The molecule has 0 bridgehead atoms. The van der Waals surface area contributed by atoms with Gasteiger partial charge >= 0.3 is 0 Å². The molecule has 1 heterocycles. The van der Waals surface area contributed by atoms with Gasteiger partial charge in [-0.3, -0.25) is 9.59 Å².